The first-order valence-corrected chi connectivity index (χ1v) is 6.41. The molecule has 7 heteroatoms. The van der Waals surface area contributed by atoms with Crippen LogP contribution in [0, 0.1) is 0 Å². The highest BCUT2D eigenvalue weighted by atomic mass is 35.5. The molecule has 1 rings (SSSR count). The molecule has 1 saturated heterocycles. The molecule has 19 heavy (non-hydrogen) atoms. The number of likely N-dealkylation sites (tertiary alicyclic amines) is 1. The Kier molecular flexibility index (Phi) is 6.35. The Labute approximate surface area is 116 Å². The van der Waals surface area contributed by atoms with Gasteiger partial charge in [0.25, 0.3) is 0 Å². The van der Waals surface area contributed by atoms with Gasteiger partial charge >= 0.3 is 6.09 Å². The van der Waals surface area contributed by atoms with Crippen LogP contribution in [0.2, 0.25) is 0 Å². The lowest BCUT2D eigenvalue weighted by atomic mass is 10.1. The van der Waals surface area contributed by atoms with E-state index in [1.54, 1.807) is 4.90 Å². The van der Waals surface area contributed by atoms with Gasteiger partial charge in [0.1, 0.15) is 6.61 Å². The Hall–Kier alpha value is -1.56. The number of hydrogen-bond donors (Lipinski definition) is 1. The highest BCUT2D eigenvalue weighted by molar-refractivity contribution is 6.63. The van der Waals surface area contributed by atoms with Crippen molar-refractivity contribution in [1.82, 2.24) is 10.2 Å². The molecular formula is C12H17ClN2O4. The molecule has 1 unspecified atom stereocenters. The van der Waals surface area contributed by atoms with E-state index >= 15 is 0 Å². The fourth-order valence-electron chi connectivity index (χ4n) is 1.96. The Morgan fingerprint density at radius 1 is 1.58 bits per heavy atom. The van der Waals surface area contributed by atoms with Gasteiger partial charge in [-0.3, -0.25) is 9.59 Å². The predicted octanol–water partition coefficient (Wildman–Crippen LogP) is 1.05. The Morgan fingerprint density at radius 3 is 2.95 bits per heavy atom. The summed E-state index contributed by atoms with van der Waals surface area (Å²) in [5.41, 5.74) is 0. The molecule has 1 heterocycles. The van der Waals surface area contributed by atoms with E-state index in [0.29, 0.717) is 19.4 Å². The summed E-state index contributed by atoms with van der Waals surface area (Å²) in [5, 5.41) is 2.06. The lowest BCUT2D eigenvalue weighted by Crippen LogP contribution is -2.40. The molecule has 0 bridgehead atoms. The number of nitrogens with zero attached hydrogens (tertiary/aromatic N) is 1. The van der Waals surface area contributed by atoms with Crippen LogP contribution < -0.4 is 5.32 Å². The summed E-state index contributed by atoms with van der Waals surface area (Å²) in [4.78, 5) is 35.2. The monoisotopic (exact) mass is 288 g/mol. The van der Waals surface area contributed by atoms with Gasteiger partial charge in [0.05, 0.1) is 0 Å². The molecular weight excluding hydrogens is 272 g/mol. The van der Waals surface area contributed by atoms with E-state index in [-0.39, 0.29) is 31.5 Å². The number of amides is 2. The van der Waals surface area contributed by atoms with Gasteiger partial charge in [-0.15, -0.1) is 0 Å². The maximum atomic E-state index is 11.6. The van der Waals surface area contributed by atoms with E-state index in [2.05, 4.69) is 11.9 Å². The zero-order chi connectivity index (χ0) is 14.3. The van der Waals surface area contributed by atoms with Crippen molar-refractivity contribution in [2.24, 2.45) is 0 Å². The number of rotatable bonds is 7. The molecule has 0 spiro atoms. The third-order valence-electron chi connectivity index (χ3n) is 2.80. The second-order valence-corrected chi connectivity index (χ2v) is 4.57. The SMILES string of the molecule is C=CCOC(=O)NCCN1C(=O)CCC1CC(=O)Cl. The molecule has 1 fully saturated rings. The quantitative estimate of drug-likeness (QED) is 0.561. The van der Waals surface area contributed by atoms with Crippen LogP contribution >= 0.6 is 11.6 Å². The minimum Gasteiger partial charge on any atom is -0.445 e. The van der Waals surface area contributed by atoms with Gasteiger partial charge in [0, 0.05) is 32.0 Å². The Morgan fingerprint density at radius 2 is 2.32 bits per heavy atom. The molecule has 106 valence electrons. The van der Waals surface area contributed by atoms with Gasteiger partial charge in [-0.2, -0.15) is 0 Å². The largest absolute Gasteiger partial charge is 0.445 e. The van der Waals surface area contributed by atoms with Crippen LogP contribution in [0.15, 0.2) is 12.7 Å². The molecule has 1 atom stereocenters. The van der Waals surface area contributed by atoms with Crippen molar-refractivity contribution >= 4 is 28.8 Å². The topological polar surface area (TPSA) is 75.7 Å². The predicted molar refractivity (Wildman–Crippen MR) is 69.8 cm³/mol. The third-order valence-corrected chi connectivity index (χ3v) is 2.96. The number of carbonyl (C=O) groups excluding carboxylic acids is 3. The van der Waals surface area contributed by atoms with Crippen molar-refractivity contribution in [2.45, 2.75) is 25.3 Å². The fraction of sp³-hybridized carbons (Fsp3) is 0.583. The van der Waals surface area contributed by atoms with Gasteiger partial charge in [-0.25, -0.2) is 4.79 Å². The number of alkyl carbamates (subject to hydrolysis) is 1. The number of hydrogen-bond acceptors (Lipinski definition) is 4. The maximum absolute atomic E-state index is 11.6. The van der Waals surface area contributed by atoms with Gasteiger partial charge in [-0.05, 0) is 18.0 Å². The van der Waals surface area contributed by atoms with Crippen molar-refractivity contribution in [3.8, 4) is 0 Å². The van der Waals surface area contributed by atoms with Gasteiger partial charge in [0.15, 0.2) is 0 Å². The second kappa shape index (κ2) is 7.78. The summed E-state index contributed by atoms with van der Waals surface area (Å²) in [6.07, 6.45) is 2.09. The van der Waals surface area contributed by atoms with Gasteiger partial charge in [0.2, 0.25) is 11.1 Å². The molecule has 0 saturated carbocycles. The minimum atomic E-state index is -0.559. The lowest BCUT2D eigenvalue weighted by molar-refractivity contribution is -0.129. The van der Waals surface area contributed by atoms with Crippen molar-refractivity contribution in [3.63, 3.8) is 0 Å². The van der Waals surface area contributed by atoms with Crippen molar-refractivity contribution in [1.29, 1.82) is 0 Å². The van der Waals surface area contributed by atoms with Crippen LogP contribution in [-0.2, 0) is 14.3 Å². The minimum absolute atomic E-state index is 0.0239. The first-order valence-electron chi connectivity index (χ1n) is 6.04. The van der Waals surface area contributed by atoms with Gasteiger partial charge < -0.3 is 15.0 Å². The molecule has 1 aliphatic rings. The highest BCUT2D eigenvalue weighted by Gasteiger charge is 2.31. The van der Waals surface area contributed by atoms with E-state index in [4.69, 9.17) is 16.3 Å². The highest BCUT2D eigenvalue weighted by Crippen LogP contribution is 2.21. The van der Waals surface area contributed by atoms with Crippen LogP contribution in [-0.4, -0.2) is 47.9 Å². The first kappa shape index (κ1) is 15.5. The molecule has 2 amide bonds. The summed E-state index contributed by atoms with van der Waals surface area (Å²) in [6.45, 7) is 4.17. The standard InChI is InChI=1S/C12H17ClN2O4/c1-2-7-19-12(18)14-5-6-15-9(8-10(13)16)3-4-11(15)17/h2,9H,1,3-8H2,(H,14,18). The van der Waals surface area contributed by atoms with Crippen molar-refractivity contribution < 1.29 is 19.1 Å². The first-order chi connectivity index (χ1) is 9.04. The average molecular weight is 289 g/mol. The Bertz CT molecular complexity index is 373. The Balaban J connectivity index is 2.33. The molecule has 1 aliphatic heterocycles. The van der Waals surface area contributed by atoms with E-state index in [1.165, 1.54) is 6.08 Å². The van der Waals surface area contributed by atoms with E-state index in [1.807, 2.05) is 0 Å². The number of ether oxygens (including phenoxy) is 1. The summed E-state index contributed by atoms with van der Waals surface area (Å²) >= 11 is 5.34. The average Bonchev–Trinajstić information content (AvgIpc) is 2.68. The normalized spacial score (nSPS) is 18.3. The number of halogens is 1. The fourth-order valence-corrected chi connectivity index (χ4v) is 2.14. The van der Waals surface area contributed by atoms with Crippen LogP contribution in [0.25, 0.3) is 0 Å². The molecule has 0 aromatic rings. The van der Waals surface area contributed by atoms with Crippen molar-refractivity contribution in [2.75, 3.05) is 19.7 Å². The van der Waals surface area contributed by atoms with Crippen LogP contribution in [0.4, 0.5) is 4.79 Å². The van der Waals surface area contributed by atoms with Crippen LogP contribution in [0.1, 0.15) is 19.3 Å². The summed E-state index contributed by atoms with van der Waals surface area (Å²) in [6, 6.07) is -0.163. The molecule has 6 nitrogen and oxygen atoms in total. The molecule has 0 radical (unpaired) electrons. The summed E-state index contributed by atoms with van der Waals surface area (Å²) in [5.74, 6) is -0.0239. The lowest BCUT2D eigenvalue weighted by Gasteiger charge is -2.23. The zero-order valence-corrected chi connectivity index (χ0v) is 11.3. The van der Waals surface area contributed by atoms with Crippen LogP contribution in [0.5, 0.6) is 0 Å². The van der Waals surface area contributed by atoms with Gasteiger partial charge in [-0.1, -0.05) is 12.7 Å². The molecule has 0 aromatic carbocycles. The zero-order valence-electron chi connectivity index (χ0n) is 10.6. The summed E-state index contributed by atoms with van der Waals surface area (Å²) in [7, 11) is 0. The summed E-state index contributed by atoms with van der Waals surface area (Å²) < 4.78 is 4.73. The molecule has 1 N–H and O–H groups in total. The smallest absolute Gasteiger partial charge is 0.407 e. The van der Waals surface area contributed by atoms with E-state index in [0.717, 1.165) is 0 Å². The molecule has 0 aliphatic carbocycles. The van der Waals surface area contributed by atoms with Crippen molar-refractivity contribution in [3.05, 3.63) is 12.7 Å². The van der Waals surface area contributed by atoms with E-state index < -0.39 is 11.3 Å². The number of carbonyl (C=O) groups is 3. The van der Waals surface area contributed by atoms with Crippen LogP contribution in [0.3, 0.4) is 0 Å². The third kappa shape index (κ3) is 5.30. The van der Waals surface area contributed by atoms with E-state index in [9.17, 15) is 14.4 Å². The second-order valence-electron chi connectivity index (χ2n) is 4.15. The number of nitrogens with one attached hydrogen (secondary N) is 1. The molecule has 0 aromatic heterocycles. The maximum Gasteiger partial charge on any atom is 0.407 e.